The van der Waals surface area contributed by atoms with Gasteiger partial charge in [-0.05, 0) is 13.3 Å². The van der Waals surface area contributed by atoms with Gasteiger partial charge in [0.25, 0.3) is 0 Å². The van der Waals surface area contributed by atoms with Crippen molar-refractivity contribution in [1.82, 2.24) is 10.6 Å². The summed E-state index contributed by atoms with van der Waals surface area (Å²) < 4.78 is 22.7. The van der Waals surface area contributed by atoms with Crippen LogP contribution in [0.1, 0.15) is 26.7 Å². The van der Waals surface area contributed by atoms with E-state index in [2.05, 4.69) is 10.6 Å². The third kappa shape index (κ3) is 4.49. The van der Waals surface area contributed by atoms with Crippen molar-refractivity contribution in [2.45, 2.75) is 38.8 Å². The highest BCUT2D eigenvalue weighted by molar-refractivity contribution is 7.91. The van der Waals surface area contributed by atoms with Gasteiger partial charge in [-0.25, -0.2) is 8.42 Å². The van der Waals surface area contributed by atoms with Crippen molar-refractivity contribution in [3.8, 4) is 0 Å². The summed E-state index contributed by atoms with van der Waals surface area (Å²) in [6.45, 7) is 4.15. The van der Waals surface area contributed by atoms with Crippen molar-refractivity contribution >= 4 is 15.7 Å². The van der Waals surface area contributed by atoms with Crippen LogP contribution in [-0.2, 0) is 14.6 Å². The first-order valence-electron chi connectivity index (χ1n) is 5.66. The van der Waals surface area contributed by atoms with Crippen LogP contribution in [0.15, 0.2) is 0 Å². The van der Waals surface area contributed by atoms with Crippen LogP contribution in [0.5, 0.6) is 0 Å². The van der Waals surface area contributed by atoms with Crippen LogP contribution in [0.2, 0.25) is 0 Å². The Morgan fingerprint density at radius 1 is 1.56 bits per heavy atom. The summed E-state index contributed by atoms with van der Waals surface area (Å²) in [4.78, 5) is 10.9. The van der Waals surface area contributed by atoms with Gasteiger partial charge in [-0.1, -0.05) is 6.92 Å². The maximum atomic E-state index is 11.3. The molecule has 1 rings (SSSR count). The molecule has 0 saturated carbocycles. The summed E-state index contributed by atoms with van der Waals surface area (Å²) >= 11 is 0. The van der Waals surface area contributed by atoms with Gasteiger partial charge >= 0.3 is 0 Å². The van der Waals surface area contributed by atoms with E-state index in [9.17, 15) is 13.2 Å². The van der Waals surface area contributed by atoms with Crippen LogP contribution in [0, 0.1) is 0 Å². The predicted octanol–water partition coefficient (Wildman–Crippen LogP) is -0.322. The van der Waals surface area contributed by atoms with Gasteiger partial charge in [0.2, 0.25) is 5.91 Å². The average molecular weight is 248 g/mol. The quantitative estimate of drug-likeness (QED) is 0.675. The molecule has 0 aromatic rings. The molecule has 1 amide bonds. The van der Waals surface area contributed by atoms with Crippen LogP contribution < -0.4 is 10.6 Å². The second-order valence-corrected chi connectivity index (χ2v) is 6.71. The second kappa shape index (κ2) is 5.63. The summed E-state index contributed by atoms with van der Waals surface area (Å²) in [6, 6.07) is 0.0849. The summed E-state index contributed by atoms with van der Waals surface area (Å²) in [5.74, 6) is 0.421. The zero-order valence-corrected chi connectivity index (χ0v) is 10.6. The van der Waals surface area contributed by atoms with Gasteiger partial charge in [-0.15, -0.1) is 0 Å². The molecule has 6 heteroatoms. The zero-order chi connectivity index (χ0) is 12.2. The molecule has 1 fully saturated rings. The van der Waals surface area contributed by atoms with Gasteiger partial charge in [0.15, 0.2) is 9.84 Å². The number of hydrogen-bond donors (Lipinski definition) is 2. The molecule has 2 N–H and O–H groups in total. The number of carbonyl (C=O) groups excluding carboxylic acids is 1. The van der Waals surface area contributed by atoms with E-state index < -0.39 is 9.84 Å². The Balaban J connectivity index is 2.25. The largest absolute Gasteiger partial charge is 0.352 e. The Morgan fingerprint density at radius 3 is 2.75 bits per heavy atom. The number of rotatable bonds is 6. The minimum atomic E-state index is -2.93. The van der Waals surface area contributed by atoms with Crippen LogP contribution in [0.25, 0.3) is 0 Å². The van der Waals surface area contributed by atoms with E-state index in [1.807, 2.05) is 6.92 Å². The van der Waals surface area contributed by atoms with E-state index >= 15 is 0 Å². The fourth-order valence-corrected chi connectivity index (χ4v) is 2.85. The number of amides is 1. The van der Waals surface area contributed by atoms with Crippen LogP contribution >= 0.6 is 0 Å². The van der Waals surface area contributed by atoms with E-state index in [1.165, 1.54) is 0 Å². The summed E-state index contributed by atoms with van der Waals surface area (Å²) in [7, 11) is -2.93. The molecule has 2 unspecified atom stereocenters. The Kier molecular flexibility index (Phi) is 4.73. The minimum Gasteiger partial charge on any atom is -0.352 e. The molecule has 16 heavy (non-hydrogen) atoms. The Morgan fingerprint density at radius 2 is 2.25 bits per heavy atom. The third-order valence-corrected chi connectivity index (χ3v) is 4.63. The summed E-state index contributed by atoms with van der Waals surface area (Å²) in [5.41, 5.74) is 0. The third-order valence-electron chi connectivity index (χ3n) is 2.74. The fraction of sp³-hybridized carbons (Fsp3) is 0.900. The van der Waals surface area contributed by atoms with E-state index in [1.54, 1.807) is 6.92 Å². The lowest BCUT2D eigenvalue weighted by atomic mass is 10.2. The van der Waals surface area contributed by atoms with Gasteiger partial charge in [0, 0.05) is 30.8 Å². The number of hydrogen-bond acceptors (Lipinski definition) is 4. The molecule has 0 bridgehead atoms. The van der Waals surface area contributed by atoms with Crippen LogP contribution in [0.4, 0.5) is 0 Å². The van der Waals surface area contributed by atoms with Crippen molar-refractivity contribution in [3.63, 3.8) is 0 Å². The number of sulfone groups is 1. The summed E-state index contributed by atoms with van der Waals surface area (Å²) in [6.07, 6.45) is 1.41. The normalized spacial score (nSPS) is 23.1. The van der Waals surface area contributed by atoms with E-state index in [0.717, 1.165) is 6.42 Å². The van der Waals surface area contributed by atoms with Gasteiger partial charge in [-0.3, -0.25) is 4.79 Å². The SMILES string of the molecule is CCS(=O)(=O)CC(C)NCC1CCC(=O)N1. The zero-order valence-electron chi connectivity index (χ0n) is 9.82. The molecule has 0 spiro atoms. The fourth-order valence-electron chi connectivity index (χ4n) is 1.73. The maximum absolute atomic E-state index is 11.3. The Bertz CT molecular complexity index is 340. The molecular formula is C10H20N2O3S. The van der Waals surface area contributed by atoms with Crippen molar-refractivity contribution in [2.75, 3.05) is 18.1 Å². The lowest BCUT2D eigenvalue weighted by Gasteiger charge is -2.16. The first-order valence-corrected chi connectivity index (χ1v) is 7.48. The highest BCUT2D eigenvalue weighted by atomic mass is 32.2. The van der Waals surface area contributed by atoms with Crippen LogP contribution in [0.3, 0.4) is 0 Å². The molecule has 5 nitrogen and oxygen atoms in total. The highest BCUT2D eigenvalue weighted by Crippen LogP contribution is 2.05. The smallest absolute Gasteiger partial charge is 0.220 e. The van der Waals surface area contributed by atoms with Crippen molar-refractivity contribution in [1.29, 1.82) is 0 Å². The van der Waals surface area contributed by atoms with Crippen molar-refractivity contribution < 1.29 is 13.2 Å². The Hall–Kier alpha value is -0.620. The standard InChI is InChI=1S/C10H20N2O3S/c1-3-16(14,15)7-8(2)11-6-9-4-5-10(13)12-9/h8-9,11H,3-7H2,1-2H3,(H,12,13). The van der Waals surface area contributed by atoms with Crippen molar-refractivity contribution in [3.05, 3.63) is 0 Å². The maximum Gasteiger partial charge on any atom is 0.220 e. The monoisotopic (exact) mass is 248 g/mol. The minimum absolute atomic E-state index is 0.0672. The molecule has 0 radical (unpaired) electrons. The summed E-state index contributed by atoms with van der Waals surface area (Å²) in [5, 5.41) is 5.98. The van der Waals surface area contributed by atoms with E-state index in [0.29, 0.717) is 13.0 Å². The molecule has 1 heterocycles. The first-order chi connectivity index (χ1) is 7.43. The topological polar surface area (TPSA) is 75.3 Å². The predicted molar refractivity (Wildman–Crippen MR) is 63.0 cm³/mol. The van der Waals surface area contributed by atoms with Gasteiger partial charge < -0.3 is 10.6 Å². The molecule has 1 saturated heterocycles. The second-order valence-electron chi connectivity index (χ2n) is 4.31. The lowest BCUT2D eigenvalue weighted by Crippen LogP contribution is -2.42. The van der Waals surface area contributed by atoms with E-state index in [4.69, 9.17) is 0 Å². The Labute approximate surface area is 96.9 Å². The molecule has 2 atom stereocenters. The van der Waals surface area contributed by atoms with Crippen LogP contribution in [-0.4, -0.2) is 44.5 Å². The first kappa shape index (κ1) is 13.4. The average Bonchev–Trinajstić information content (AvgIpc) is 2.61. The molecule has 0 aliphatic carbocycles. The molecule has 1 aliphatic heterocycles. The molecule has 0 aromatic heterocycles. The highest BCUT2D eigenvalue weighted by Gasteiger charge is 2.21. The van der Waals surface area contributed by atoms with Gasteiger partial charge in [0.05, 0.1) is 5.75 Å². The number of nitrogens with one attached hydrogen (secondary N) is 2. The van der Waals surface area contributed by atoms with Gasteiger partial charge in [0.1, 0.15) is 0 Å². The molecular weight excluding hydrogens is 228 g/mol. The lowest BCUT2D eigenvalue weighted by molar-refractivity contribution is -0.119. The molecule has 1 aliphatic rings. The number of carbonyl (C=O) groups is 1. The van der Waals surface area contributed by atoms with Gasteiger partial charge in [-0.2, -0.15) is 0 Å². The van der Waals surface area contributed by atoms with Crippen molar-refractivity contribution in [2.24, 2.45) is 0 Å². The van der Waals surface area contributed by atoms with E-state index in [-0.39, 0.29) is 29.5 Å². The molecule has 94 valence electrons. The molecule has 0 aromatic carbocycles.